The third kappa shape index (κ3) is 4.62. The Labute approximate surface area is 310 Å². The van der Waals surface area contributed by atoms with E-state index in [0.29, 0.717) is 5.69 Å². The average Bonchev–Trinajstić information content (AvgIpc) is 3.60. The van der Waals surface area contributed by atoms with Gasteiger partial charge in [0.2, 0.25) is 0 Å². The molecular formula is C51H29NS. The molecule has 0 atom stereocenters. The summed E-state index contributed by atoms with van der Waals surface area (Å²) in [5, 5.41) is 15.1. The zero-order valence-corrected chi connectivity index (χ0v) is 29.4. The van der Waals surface area contributed by atoms with Crippen LogP contribution in [0.1, 0.15) is 0 Å². The summed E-state index contributed by atoms with van der Waals surface area (Å²) in [5.41, 5.74) is 7.96. The van der Waals surface area contributed by atoms with E-state index < -0.39 is 0 Å². The molecule has 0 bridgehead atoms. The maximum atomic E-state index is 7.45. The van der Waals surface area contributed by atoms with Gasteiger partial charge in [-0.1, -0.05) is 146 Å². The quantitative estimate of drug-likeness (QED) is 0.129. The molecule has 10 aromatic carbocycles. The van der Waals surface area contributed by atoms with Gasteiger partial charge in [-0.15, -0.1) is 11.3 Å². The van der Waals surface area contributed by atoms with E-state index in [1.165, 1.54) is 102 Å². The van der Waals surface area contributed by atoms with Gasteiger partial charge in [0.15, 0.2) is 5.69 Å². The highest BCUT2D eigenvalue weighted by atomic mass is 32.1. The van der Waals surface area contributed by atoms with Crippen molar-refractivity contribution in [2.24, 2.45) is 0 Å². The fourth-order valence-corrected chi connectivity index (χ4v) is 9.83. The van der Waals surface area contributed by atoms with Crippen molar-refractivity contribution in [2.75, 3.05) is 0 Å². The number of hydrogen-bond donors (Lipinski definition) is 0. The Balaban J connectivity index is 1.10. The topological polar surface area (TPSA) is 4.36 Å². The first kappa shape index (κ1) is 29.9. The monoisotopic (exact) mass is 687 g/mol. The molecule has 0 saturated heterocycles. The van der Waals surface area contributed by atoms with Crippen LogP contribution in [0.4, 0.5) is 5.69 Å². The summed E-state index contributed by atoms with van der Waals surface area (Å²) in [4.78, 5) is 3.63. The van der Waals surface area contributed by atoms with Gasteiger partial charge in [-0.25, -0.2) is 4.85 Å². The van der Waals surface area contributed by atoms with Crippen LogP contribution in [-0.4, -0.2) is 0 Å². The Morgan fingerprint density at radius 1 is 0.377 bits per heavy atom. The SMILES string of the molecule is [C-]#[N+]c1ccc(-c2c3ccccc3c(-c3ccc4cc(-c5cc6ccccc6c6c5sc5cc7ccccc7cc56)ccc4c3)c3ccccc23)cc1. The third-order valence-corrected chi connectivity index (χ3v) is 12.2. The van der Waals surface area contributed by atoms with Crippen LogP contribution in [0.2, 0.25) is 0 Å². The molecule has 0 aliphatic rings. The number of hydrogen-bond acceptors (Lipinski definition) is 1. The van der Waals surface area contributed by atoms with E-state index in [1.54, 1.807) is 0 Å². The van der Waals surface area contributed by atoms with Gasteiger partial charge < -0.3 is 0 Å². The van der Waals surface area contributed by atoms with E-state index in [2.05, 4.69) is 169 Å². The molecule has 1 nitrogen and oxygen atoms in total. The maximum absolute atomic E-state index is 7.45. The van der Waals surface area contributed by atoms with Gasteiger partial charge in [-0.3, -0.25) is 0 Å². The summed E-state index contributed by atoms with van der Waals surface area (Å²) < 4.78 is 2.67. The predicted octanol–water partition coefficient (Wildman–Crippen LogP) is 15.4. The zero-order valence-electron chi connectivity index (χ0n) is 28.6. The first-order valence-corrected chi connectivity index (χ1v) is 18.8. The normalized spacial score (nSPS) is 11.8. The lowest BCUT2D eigenvalue weighted by atomic mass is 9.85. The van der Waals surface area contributed by atoms with Crippen LogP contribution in [0.15, 0.2) is 176 Å². The average molecular weight is 688 g/mol. The molecule has 0 aliphatic heterocycles. The number of fused-ring (bicyclic) bond motifs is 9. The Hall–Kier alpha value is -6.79. The van der Waals surface area contributed by atoms with E-state index in [9.17, 15) is 0 Å². The summed E-state index contributed by atoms with van der Waals surface area (Å²) >= 11 is 1.91. The molecule has 0 fully saturated rings. The molecule has 0 amide bonds. The Bertz CT molecular complexity index is 3290. The van der Waals surface area contributed by atoms with Crippen molar-refractivity contribution in [2.45, 2.75) is 0 Å². The molecule has 0 aliphatic carbocycles. The van der Waals surface area contributed by atoms with E-state index in [4.69, 9.17) is 6.57 Å². The van der Waals surface area contributed by atoms with Gasteiger partial charge in [-0.05, 0) is 112 Å². The minimum absolute atomic E-state index is 0.654. The van der Waals surface area contributed by atoms with Crippen molar-refractivity contribution in [1.29, 1.82) is 0 Å². The molecule has 1 heterocycles. The van der Waals surface area contributed by atoms with Crippen LogP contribution in [-0.2, 0) is 0 Å². The molecule has 0 unspecified atom stereocenters. The van der Waals surface area contributed by atoms with Crippen LogP contribution >= 0.6 is 11.3 Å². The summed E-state index contributed by atoms with van der Waals surface area (Å²) in [6, 6.07) is 64.1. The van der Waals surface area contributed by atoms with Crippen LogP contribution in [0.5, 0.6) is 0 Å². The van der Waals surface area contributed by atoms with Gasteiger partial charge in [-0.2, -0.15) is 0 Å². The van der Waals surface area contributed by atoms with Crippen molar-refractivity contribution in [3.05, 3.63) is 187 Å². The summed E-state index contributed by atoms with van der Waals surface area (Å²) in [6.45, 7) is 7.45. The van der Waals surface area contributed by atoms with Gasteiger partial charge in [0, 0.05) is 25.7 Å². The van der Waals surface area contributed by atoms with Crippen LogP contribution in [0.25, 0.3) is 112 Å². The lowest BCUT2D eigenvalue weighted by Gasteiger charge is -2.18. The maximum Gasteiger partial charge on any atom is 0.187 e. The molecule has 244 valence electrons. The highest BCUT2D eigenvalue weighted by Gasteiger charge is 2.18. The first-order valence-electron chi connectivity index (χ1n) is 17.9. The lowest BCUT2D eigenvalue weighted by Crippen LogP contribution is -1.91. The second kappa shape index (κ2) is 11.6. The second-order valence-electron chi connectivity index (χ2n) is 13.9. The second-order valence-corrected chi connectivity index (χ2v) is 15.0. The van der Waals surface area contributed by atoms with E-state index in [-0.39, 0.29) is 0 Å². The number of thiophene rings is 1. The largest absolute Gasteiger partial charge is 0.238 e. The molecule has 0 N–H and O–H groups in total. The molecule has 0 radical (unpaired) electrons. The fraction of sp³-hybridized carbons (Fsp3) is 0. The van der Waals surface area contributed by atoms with Gasteiger partial charge >= 0.3 is 0 Å². The molecule has 11 aromatic rings. The fourth-order valence-electron chi connectivity index (χ4n) is 8.55. The summed E-state index contributed by atoms with van der Waals surface area (Å²) in [5.74, 6) is 0. The molecule has 2 heteroatoms. The van der Waals surface area contributed by atoms with Gasteiger partial charge in [0.25, 0.3) is 0 Å². The van der Waals surface area contributed by atoms with Crippen LogP contribution < -0.4 is 0 Å². The molecular weight excluding hydrogens is 659 g/mol. The van der Waals surface area contributed by atoms with E-state index in [0.717, 1.165) is 5.56 Å². The van der Waals surface area contributed by atoms with Gasteiger partial charge in [0.05, 0.1) is 6.57 Å². The number of nitrogens with zero attached hydrogens (tertiary/aromatic N) is 1. The van der Waals surface area contributed by atoms with E-state index >= 15 is 0 Å². The summed E-state index contributed by atoms with van der Waals surface area (Å²) in [7, 11) is 0. The van der Waals surface area contributed by atoms with Crippen molar-refractivity contribution in [3.8, 4) is 33.4 Å². The highest BCUT2D eigenvalue weighted by molar-refractivity contribution is 7.26. The Morgan fingerprint density at radius 2 is 0.868 bits per heavy atom. The number of rotatable bonds is 3. The van der Waals surface area contributed by atoms with Crippen LogP contribution in [0.3, 0.4) is 0 Å². The molecule has 53 heavy (non-hydrogen) atoms. The van der Waals surface area contributed by atoms with Gasteiger partial charge in [0.1, 0.15) is 0 Å². The first-order chi connectivity index (χ1) is 26.2. The minimum atomic E-state index is 0.654. The molecule has 1 aromatic heterocycles. The van der Waals surface area contributed by atoms with Crippen molar-refractivity contribution in [3.63, 3.8) is 0 Å². The van der Waals surface area contributed by atoms with Crippen molar-refractivity contribution in [1.82, 2.24) is 0 Å². The molecule has 11 rings (SSSR count). The standard InChI is InChI=1S/C51H29NS/c1-52-39-24-22-31(23-25-39)48-41-14-6-8-16-43(41)49(44-17-9-7-15-42(44)48)38-21-19-34-26-37(20-18-35(34)27-38)45-29-36-12-4-5-13-40(36)50-46-28-32-10-2-3-11-33(32)30-47(46)53-51(45)50/h2-30H. The van der Waals surface area contributed by atoms with Crippen molar-refractivity contribution < 1.29 is 0 Å². The molecule has 0 spiro atoms. The molecule has 0 saturated carbocycles. The Kier molecular flexibility index (Phi) is 6.55. The highest BCUT2D eigenvalue weighted by Crippen LogP contribution is 2.47. The van der Waals surface area contributed by atoms with Crippen molar-refractivity contribution >= 4 is 91.1 Å². The number of benzene rings is 10. The van der Waals surface area contributed by atoms with E-state index in [1.807, 2.05) is 23.5 Å². The minimum Gasteiger partial charge on any atom is -0.238 e. The van der Waals surface area contributed by atoms with Crippen LogP contribution in [0, 0.1) is 6.57 Å². The lowest BCUT2D eigenvalue weighted by molar-refractivity contribution is 1.66. The Morgan fingerprint density at radius 3 is 1.51 bits per heavy atom. The smallest absolute Gasteiger partial charge is 0.187 e. The zero-order chi connectivity index (χ0) is 35.0. The predicted molar refractivity (Wildman–Crippen MR) is 229 cm³/mol. The third-order valence-electron chi connectivity index (χ3n) is 11.0. The summed E-state index contributed by atoms with van der Waals surface area (Å²) in [6.07, 6.45) is 0.